The van der Waals surface area contributed by atoms with E-state index in [-0.39, 0.29) is 5.94 Å². The molecule has 0 unspecified atom stereocenters. The molecule has 0 bridgehead atoms. The number of carbonyl (C=O) groups excluding carboxylic acids is 1. The maximum atomic E-state index is 11.0. The summed E-state index contributed by atoms with van der Waals surface area (Å²) in [6, 6.07) is 6.48. The van der Waals surface area contributed by atoms with E-state index >= 15 is 0 Å². The van der Waals surface area contributed by atoms with Gasteiger partial charge in [0, 0.05) is 0 Å². The lowest BCUT2D eigenvalue weighted by molar-refractivity contribution is 0.116. The lowest BCUT2D eigenvalue weighted by Crippen LogP contribution is -2.09. The van der Waals surface area contributed by atoms with Gasteiger partial charge in [0.25, 0.3) is 0 Å². The summed E-state index contributed by atoms with van der Waals surface area (Å²) in [7, 11) is 1.54. The number of ether oxygens (including phenoxy) is 3. The van der Waals surface area contributed by atoms with Crippen LogP contribution >= 0.6 is 11.8 Å². The molecule has 0 radical (unpaired) electrons. The maximum Gasteiger partial charge on any atom is 0.514 e. The Morgan fingerprint density at radius 3 is 2.56 bits per heavy atom. The number of hydrogen-bond donors (Lipinski definition) is 0. The molecule has 84 valence electrons. The number of nitriles is 1. The molecule has 16 heavy (non-hydrogen) atoms. The summed E-state index contributed by atoms with van der Waals surface area (Å²) < 4.78 is 14.4. The molecule has 0 atom stereocenters. The summed E-state index contributed by atoms with van der Waals surface area (Å²) in [5.41, 5.74) is 0. The molecule has 0 aromatic heterocycles. The highest BCUT2D eigenvalue weighted by atomic mass is 32.2. The SMILES string of the molecule is COc1ccc(OC(=O)OCSC#N)cc1. The van der Waals surface area contributed by atoms with E-state index in [9.17, 15) is 4.79 Å². The Kier molecular flexibility index (Phi) is 5.02. The molecule has 0 aliphatic carbocycles. The molecule has 0 aliphatic heterocycles. The van der Waals surface area contributed by atoms with E-state index in [4.69, 9.17) is 14.7 Å². The van der Waals surface area contributed by atoms with Crippen LogP contribution in [0.15, 0.2) is 24.3 Å². The van der Waals surface area contributed by atoms with Gasteiger partial charge in [-0.3, -0.25) is 0 Å². The third-order valence-electron chi connectivity index (χ3n) is 1.56. The van der Waals surface area contributed by atoms with E-state index in [2.05, 4.69) is 4.74 Å². The lowest BCUT2D eigenvalue weighted by Gasteiger charge is -2.04. The zero-order valence-corrected chi connectivity index (χ0v) is 9.32. The Morgan fingerprint density at radius 2 is 2.00 bits per heavy atom. The molecule has 6 heteroatoms. The van der Waals surface area contributed by atoms with Crippen molar-refractivity contribution in [2.75, 3.05) is 13.0 Å². The van der Waals surface area contributed by atoms with Crippen molar-refractivity contribution in [2.45, 2.75) is 0 Å². The fraction of sp³-hybridized carbons (Fsp3) is 0.200. The van der Waals surface area contributed by atoms with Crippen molar-refractivity contribution in [1.29, 1.82) is 5.26 Å². The van der Waals surface area contributed by atoms with E-state index in [1.54, 1.807) is 36.8 Å². The zero-order chi connectivity index (χ0) is 11.8. The maximum absolute atomic E-state index is 11.0. The van der Waals surface area contributed by atoms with Gasteiger partial charge in [-0.2, -0.15) is 5.26 Å². The van der Waals surface area contributed by atoms with Gasteiger partial charge in [0.15, 0.2) is 5.94 Å². The van der Waals surface area contributed by atoms with Gasteiger partial charge >= 0.3 is 6.16 Å². The van der Waals surface area contributed by atoms with Crippen molar-refractivity contribution in [3.63, 3.8) is 0 Å². The average molecular weight is 239 g/mol. The third-order valence-corrected chi connectivity index (χ3v) is 1.93. The smallest absolute Gasteiger partial charge is 0.497 e. The molecular formula is C10H9NO4S. The number of methoxy groups -OCH3 is 1. The van der Waals surface area contributed by atoms with Gasteiger partial charge in [-0.15, -0.1) is 0 Å². The molecule has 1 aromatic carbocycles. The average Bonchev–Trinajstić information content (AvgIpc) is 2.30. The van der Waals surface area contributed by atoms with E-state index in [0.717, 1.165) is 11.8 Å². The largest absolute Gasteiger partial charge is 0.514 e. The fourth-order valence-electron chi connectivity index (χ4n) is 0.873. The van der Waals surface area contributed by atoms with Gasteiger partial charge in [-0.1, -0.05) is 0 Å². The third kappa shape index (κ3) is 4.11. The topological polar surface area (TPSA) is 68.6 Å². The first-order valence-electron chi connectivity index (χ1n) is 4.26. The molecule has 0 N–H and O–H groups in total. The highest BCUT2D eigenvalue weighted by Gasteiger charge is 2.05. The first-order chi connectivity index (χ1) is 7.76. The summed E-state index contributed by atoms with van der Waals surface area (Å²) in [6.45, 7) is 0. The summed E-state index contributed by atoms with van der Waals surface area (Å²) in [5.74, 6) is 0.972. The number of nitrogens with zero attached hydrogens (tertiary/aromatic N) is 1. The molecule has 1 rings (SSSR count). The molecule has 0 saturated heterocycles. The lowest BCUT2D eigenvalue weighted by atomic mass is 10.3. The molecule has 5 nitrogen and oxygen atoms in total. The zero-order valence-electron chi connectivity index (χ0n) is 8.50. The van der Waals surface area contributed by atoms with Crippen molar-refractivity contribution in [1.82, 2.24) is 0 Å². The monoisotopic (exact) mass is 239 g/mol. The molecule has 0 saturated carbocycles. The van der Waals surface area contributed by atoms with E-state index in [1.165, 1.54) is 0 Å². The van der Waals surface area contributed by atoms with Crippen LogP contribution in [-0.2, 0) is 4.74 Å². The summed E-state index contributed by atoms with van der Waals surface area (Å²) >= 11 is 0.816. The Morgan fingerprint density at radius 1 is 1.38 bits per heavy atom. The van der Waals surface area contributed by atoms with Gasteiger partial charge in [-0.05, 0) is 36.0 Å². The van der Waals surface area contributed by atoms with Crippen LogP contribution in [0.5, 0.6) is 11.5 Å². The first kappa shape index (κ1) is 12.2. The van der Waals surface area contributed by atoms with Crippen LogP contribution in [-0.4, -0.2) is 19.2 Å². The van der Waals surface area contributed by atoms with Crippen LogP contribution in [0, 0.1) is 10.7 Å². The second kappa shape index (κ2) is 6.58. The van der Waals surface area contributed by atoms with E-state index < -0.39 is 6.16 Å². The van der Waals surface area contributed by atoms with Gasteiger partial charge in [-0.25, -0.2) is 4.79 Å². The molecular weight excluding hydrogens is 230 g/mol. The predicted octanol–water partition coefficient (Wildman–Crippen LogP) is 2.38. The summed E-state index contributed by atoms with van der Waals surface area (Å²) in [6.07, 6.45) is -0.840. The van der Waals surface area contributed by atoms with Crippen molar-refractivity contribution in [2.24, 2.45) is 0 Å². The van der Waals surface area contributed by atoms with Crippen molar-refractivity contribution >= 4 is 17.9 Å². The Labute approximate surface area is 96.9 Å². The van der Waals surface area contributed by atoms with E-state index in [0.29, 0.717) is 11.5 Å². The van der Waals surface area contributed by atoms with Crippen molar-refractivity contribution < 1.29 is 19.0 Å². The number of rotatable bonds is 4. The van der Waals surface area contributed by atoms with Crippen LogP contribution in [0.25, 0.3) is 0 Å². The Bertz CT molecular complexity index is 385. The van der Waals surface area contributed by atoms with Crippen molar-refractivity contribution in [3.05, 3.63) is 24.3 Å². The van der Waals surface area contributed by atoms with Crippen LogP contribution in [0.2, 0.25) is 0 Å². The normalized spacial score (nSPS) is 9.00. The predicted molar refractivity (Wildman–Crippen MR) is 58.2 cm³/mol. The minimum absolute atomic E-state index is 0.0501. The first-order valence-corrected chi connectivity index (χ1v) is 5.24. The molecule has 0 spiro atoms. The van der Waals surface area contributed by atoms with E-state index in [1.807, 2.05) is 0 Å². The molecule has 0 amide bonds. The fourth-order valence-corrected chi connectivity index (χ4v) is 1.08. The van der Waals surface area contributed by atoms with Crippen LogP contribution < -0.4 is 9.47 Å². The second-order valence-corrected chi connectivity index (χ2v) is 3.23. The van der Waals surface area contributed by atoms with Gasteiger partial charge in [0.2, 0.25) is 0 Å². The number of benzene rings is 1. The highest BCUT2D eigenvalue weighted by molar-refractivity contribution is 8.03. The number of thioether (sulfide) groups is 1. The number of carbonyl (C=O) groups is 1. The minimum atomic E-state index is -0.840. The Hall–Kier alpha value is -1.87. The quantitative estimate of drug-likeness (QED) is 0.264. The Balaban J connectivity index is 2.41. The van der Waals surface area contributed by atoms with Crippen LogP contribution in [0.3, 0.4) is 0 Å². The minimum Gasteiger partial charge on any atom is -0.497 e. The standard InChI is InChI=1S/C10H9NO4S/c1-13-8-2-4-9(5-3-8)15-10(12)14-7-16-6-11/h2-5H,7H2,1H3. The molecule has 1 aromatic rings. The van der Waals surface area contributed by atoms with Gasteiger partial charge < -0.3 is 14.2 Å². The van der Waals surface area contributed by atoms with Crippen LogP contribution in [0.1, 0.15) is 0 Å². The summed E-state index contributed by atoms with van der Waals surface area (Å²) in [4.78, 5) is 11.0. The molecule has 0 aliphatic rings. The van der Waals surface area contributed by atoms with Gasteiger partial charge in [0.1, 0.15) is 16.9 Å². The van der Waals surface area contributed by atoms with Crippen LogP contribution in [0.4, 0.5) is 4.79 Å². The number of hydrogen-bond acceptors (Lipinski definition) is 6. The molecule has 0 heterocycles. The summed E-state index contributed by atoms with van der Waals surface area (Å²) in [5, 5.41) is 9.96. The van der Waals surface area contributed by atoms with Gasteiger partial charge in [0.05, 0.1) is 7.11 Å². The molecule has 0 fully saturated rings. The van der Waals surface area contributed by atoms with Crippen molar-refractivity contribution in [3.8, 4) is 16.9 Å². The second-order valence-electron chi connectivity index (χ2n) is 2.53. The number of thiocyanates is 1. The highest BCUT2D eigenvalue weighted by Crippen LogP contribution is 2.17.